The van der Waals surface area contributed by atoms with Gasteiger partial charge in [-0.25, -0.2) is 8.78 Å². The van der Waals surface area contributed by atoms with E-state index in [0.717, 1.165) is 5.56 Å². The number of likely N-dealkylation sites (tertiary alicyclic amines) is 1. The van der Waals surface area contributed by atoms with Crippen LogP contribution in [0.2, 0.25) is 0 Å². The lowest BCUT2D eigenvalue weighted by atomic mass is 9.85. The van der Waals surface area contributed by atoms with Gasteiger partial charge in [0.1, 0.15) is 17.4 Å². The lowest BCUT2D eigenvalue weighted by Crippen LogP contribution is -2.29. The van der Waals surface area contributed by atoms with E-state index in [9.17, 15) is 23.5 Å². The van der Waals surface area contributed by atoms with Gasteiger partial charge in [0.25, 0.3) is 11.7 Å². The van der Waals surface area contributed by atoms with Crippen molar-refractivity contribution in [2.75, 3.05) is 0 Å². The summed E-state index contributed by atoms with van der Waals surface area (Å²) >= 11 is 0. The first-order valence-corrected chi connectivity index (χ1v) is 11.0. The van der Waals surface area contributed by atoms with E-state index in [1.165, 1.54) is 41.3 Å². The van der Waals surface area contributed by atoms with Crippen molar-refractivity contribution in [1.82, 2.24) is 4.90 Å². The third kappa shape index (κ3) is 4.49. The number of aliphatic hydroxyl groups excluding tert-OH is 1. The number of halogens is 2. The Morgan fingerprint density at radius 2 is 1.38 bits per heavy atom. The lowest BCUT2D eigenvalue weighted by Gasteiger charge is -2.26. The summed E-state index contributed by atoms with van der Waals surface area (Å²) in [7, 11) is 0. The highest BCUT2D eigenvalue weighted by Gasteiger charge is 2.46. The van der Waals surface area contributed by atoms with Crippen molar-refractivity contribution in [3.63, 3.8) is 0 Å². The molecule has 0 aliphatic carbocycles. The van der Waals surface area contributed by atoms with Crippen molar-refractivity contribution in [2.45, 2.75) is 38.8 Å². The van der Waals surface area contributed by atoms with Gasteiger partial charge in [-0.2, -0.15) is 0 Å². The largest absolute Gasteiger partial charge is 0.507 e. The van der Waals surface area contributed by atoms with Gasteiger partial charge >= 0.3 is 0 Å². The van der Waals surface area contributed by atoms with Crippen LogP contribution >= 0.6 is 0 Å². The quantitative estimate of drug-likeness (QED) is 0.300. The van der Waals surface area contributed by atoms with Crippen LogP contribution in [0.1, 0.15) is 49.1 Å². The number of nitrogens with zero attached hydrogens (tertiary/aromatic N) is 1. The van der Waals surface area contributed by atoms with Crippen LogP contribution in [0, 0.1) is 11.6 Å². The highest BCUT2D eigenvalue weighted by Crippen LogP contribution is 2.40. The number of benzene rings is 3. The zero-order valence-corrected chi connectivity index (χ0v) is 19.2. The minimum absolute atomic E-state index is 0.0523. The van der Waals surface area contributed by atoms with Gasteiger partial charge in [-0.1, -0.05) is 57.2 Å². The van der Waals surface area contributed by atoms with Crippen molar-refractivity contribution < 1.29 is 23.5 Å². The number of aliphatic hydroxyl groups is 1. The van der Waals surface area contributed by atoms with E-state index in [0.29, 0.717) is 11.1 Å². The Hall–Kier alpha value is -3.80. The Balaban J connectivity index is 1.84. The summed E-state index contributed by atoms with van der Waals surface area (Å²) in [6, 6.07) is 17.4. The summed E-state index contributed by atoms with van der Waals surface area (Å²) in [6.07, 6.45) is 0. The fourth-order valence-corrected chi connectivity index (χ4v) is 4.10. The van der Waals surface area contributed by atoms with Crippen LogP contribution in [0.15, 0.2) is 78.4 Å². The Labute approximate surface area is 197 Å². The molecule has 0 radical (unpaired) electrons. The second kappa shape index (κ2) is 8.86. The van der Waals surface area contributed by atoms with E-state index < -0.39 is 29.4 Å². The number of hydrogen-bond acceptors (Lipinski definition) is 3. The van der Waals surface area contributed by atoms with Gasteiger partial charge in [-0.05, 0) is 58.5 Å². The normalized spacial score (nSPS) is 17.9. The standard InChI is InChI=1S/C28H25F2NO3/c1-28(2,3)20-10-6-18(7-11-20)24-23(25(32)19-8-14-22(30)15-9-19)26(33)27(34)31(24)16-17-4-12-21(29)13-5-17/h4-15,24,32H,16H2,1-3H3/b25-23-. The molecule has 0 saturated carbocycles. The fourth-order valence-electron chi connectivity index (χ4n) is 4.10. The molecule has 0 aromatic heterocycles. The average molecular weight is 462 g/mol. The maximum absolute atomic E-state index is 13.4. The molecule has 0 bridgehead atoms. The number of carbonyl (C=O) groups excluding carboxylic acids is 2. The van der Waals surface area contributed by atoms with E-state index in [2.05, 4.69) is 20.8 Å². The summed E-state index contributed by atoms with van der Waals surface area (Å²) in [4.78, 5) is 27.6. The molecular formula is C28H25F2NO3. The number of rotatable bonds is 4. The Morgan fingerprint density at radius 1 is 0.853 bits per heavy atom. The predicted molar refractivity (Wildman–Crippen MR) is 126 cm³/mol. The highest BCUT2D eigenvalue weighted by molar-refractivity contribution is 6.46. The summed E-state index contributed by atoms with van der Waals surface area (Å²) in [6.45, 7) is 6.29. The van der Waals surface area contributed by atoms with Crippen LogP contribution in [-0.2, 0) is 21.5 Å². The van der Waals surface area contributed by atoms with E-state index in [1.807, 2.05) is 24.3 Å². The molecule has 1 N–H and O–H groups in total. The molecule has 0 spiro atoms. The molecule has 4 nitrogen and oxygen atoms in total. The SMILES string of the molecule is CC(C)(C)c1ccc(C2/C(=C(/O)c3ccc(F)cc3)C(=O)C(=O)N2Cc2ccc(F)cc2)cc1. The molecule has 1 aliphatic rings. The molecule has 1 atom stereocenters. The molecule has 1 amide bonds. The maximum atomic E-state index is 13.4. The molecule has 4 rings (SSSR count). The first kappa shape index (κ1) is 23.4. The maximum Gasteiger partial charge on any atom is 0.295 e. The van der Waals surface area contributed by atoms with E-state index in [1.54, 1.807) is 12.1 Å². The van der Waals surface area contributed by atoms with Crippen LogP contribution in [0.4, 0.5) is 8.78 Å². The smallest absolute Gasteiger partial charge is 0.295 e. The molecular weight excluding hydrogens is 436 g/mol. The third-order valence-corrected chi connectivity index (χ3v) is 6.02. The van der Waals surface area contributed by atoms with E-state index in [4.69, 9.17) is 0 Å². The Bertz CT molecular complexity index is 1260. The van der Waals surface area contributed by atoms with Crippen LogP contribution in [0.5, 0.6) is 0 Å². The monoisotopic (exact) mass is 461 g/mol. The van der Waals surface area contributed by atoms with Gasteiger partial charge in [-0.3, -0.25) is 9.59 Å². The van der Waals surface area contributed by atoms with Crippen molar-refractivity contribution in [1.29, 1.82) is 0 Å². The van der Waals surface area contributed by atoms with Crippen LogP contribution in [0.25, 0.3) is 5.76 Å². The van der Waals surface area contributed by atoms with Gasteiger partial charge in [0.05, 0.1) is 11.6 Å². The molecule has 174 valence electrons. The summed E-state index contributed by atoms with van der Waals surface area (Å²) in [5.41, 5.74) is 2.44. The molecule has 1 unspecified atom stereocenters. The highest BCUT2D eigenvalue weighted by atomic mass is 19.1. The first-order valence-electron chi connectivity index (χ1n) is 11.0. The third-order valence-electron chi connectivity index (χ3n) is 6.02. The van der Waals surface area contributed by atoms with Gasteiger partial charge in [0.15, 0.2) is 0 Å². The van der Waals surface area contributed by atoms with Crippen LogP contribution < -0.4 is 0 Å². The van der Waals surface area contributed by atoms with Crippen LogP contribution in [-0.4, -0.2) is 21.7 Å². The van der Waals surface area contributed by atoms with Crippen molar-refractivity contribution >= 4 is 17.4 Å². The van der Waals surface area contributed by atoms with E-state index in [-0.39, 0.29) is 28.9 Å². The zero-order chi connectivity index (χ0) is 24.6. The lowest BCUT2D eigenvalue weighted by molar-refractivity contribution is -0.140. The fraction of sp³-hybridized carbons (Fsp3) is 0.214. The first-order chi connectivity index (χ1) is 16.1. The zero-order valence-electron chi connectivity index (χ0n) is 19.2. The summed E-state index contributed by atoms with van der Waals surface area (Å²) in [5.74, 6) is -2.85. The van der Waals surface area contributed by atoms with Crippen LogP contribution in [0.3, 0.4) is 0 Å². The average Bonchev–Trinajstić information content (AvgIpc) is 3.05. The second-order valence-electron chi connectivity index (χ2n) is 9.43. The molecule has 1 fully saturated rings. The molecule has 1 heterocycles. The molecule has 1 aliphatic heterocycles. The number of ketones is 1. The van der Waals surface area contributed by atoms with Crippen molar-refractivity contribution in [3.05, 3.63) is 112 Å². The molecule has 34 heavy (non-hydrogen) atoms. The number of carbonyl (C=O) groups is 2. The second-order valence-corrected chi connectivity index (χ2v) is 9.43. The minimum atomic E-state index is -0.857. The Kier molecular flexibility index (Phi) is 6.09. The Morgan fingerprint density at radius 3 is 1.91 bits per heavy atom. The minimum Gasteiger partial charge on any atom is -0.507 e. The van der Waals surface area contributed by atoms with Crippen molar-refractivity contribution in [3.8, 4) is 0 Å². The number of Topliss-reactive ketones (excluding diaryl/α,β-unsaturated/α-hetero) is 1. The van der Waals surface area contributed by atoms with Gasteiger partial charge in [0, 0.05) is 12.1 Å². The predicted octanol–water partition coefficient (Wildman–Crippen LogP) is 5.88. The number of hydrogen-bond donors (Lipinski definition) is 1. The number of amides is 1. The summed E-state index contributed by atoms with van der Waals surface area (Å²) in [5, 5.41) is 11.0. The summed E-state index contributed by atoms with van der Waals surface area (Å²) < 4.78 is 26.8. The molecule has 3 aromatic carbocycles. The van der Waals surface area contributed by atoms with Gasteiger partial charge in [0.2, 0.25) is 0 Å². The molecule has 6 heteroatoms. The molecule has 1 saturated heterocycles. The van der Waals surface area contributed by atoms with E-state index >= 15 is 0 Å². The van der Waals surface area contributed by atoms with Crippen molar-refractivity contribution in [2.24, 2.45) is 0 Å². The van der Waals surface area contributed by atoms with Gasteiger partial charge in [-0.15, -0.1) is 0 Å². The molecule has 3 aromatic rings. The topological polar surface area (TPSA) is 57.6 Å². The van der Waals surface area contributed by atoms with Gasteiger partial charge < -0.3 is 10.0 Å².